The molecule has 1 aliphatic carbocycles. The van der Waals surface area contributed by atoms with Crippen molar-refractivity contribution in [2.45, 2.75) is 78.1 Å². The van der Waals surface area contributed by atoms with Gasteiger partial charge >= 0.3 is 5.97 Å². The second-order valence-corrected chi connectivity index (χ2v) is 7.62. The topological polar surface area (TPSA) is 35.5 Å². The Hall–Kier alpha value is -1.51. The smallest absolute Gasteiger partial charge is 0.338 e. The van der Waals surface area contributed by atoms with E-state index in [-0.39, 0.29) is 5.97 Å². The van der Waals surface area contributed by atoms with Crippen LogP contribution in [0.15, 0.2) is 24.3 Å². The van der Waals surface area contributed by atoms with E-state index in [1.54, 1.807) is 12.1 Å². The van der Waals surface area contributed by atoms with Gasteiger partial charge in [-0.2, -0.15) is 0 Å². The third kappa shape index (κ3) is 7.39. The van der Waals surface area contributed by atoms with E-state index < -0.39 is 0 Å². The van der Waals surface area contributed by atoms with Crippen LogP contribution < -0.4 is 4.74 Å². The number of unbranched alkanes of at least 4 members (excludes halogenated alkanes) is 2. The lowest BCUT2D eigenvalue weighted by Crippen LogP contribution is -2.15. The summed E-state index contributed by atoms with van der Waals surface area (Å²) in [4.78, 5) is 11.6. The molecule has 0 unspecified atom stereocenters. The average molecular weight is 361 g/mol. The fourth-order valence-corrected chi connectivity index (χ4v) is 3.96. The van der Waals surface area contributed by atoms with Gasteiger partial charge in [0.2, 0.25) is 0 Å². The van der Waals surface area contributed by atoms with Crippen molar-refractivity contribution >= 4 is 5.97 Å². The normalized spacial score (nSPS) is 19.9. The lowest BCUT2D eigenvalue weighted by atomic mass is 9.78. The summed E-state index contributed by atoms with van der Waals surface area (Å²) in [5.41, 5.74) is 0.579. The summed E-state index contributed by atoms with van der Waals surface area (Å²) in [6, 6.07) is 7.25. The summed E-state index contributed by atoms with van der Waals surface area (Å²) in [5.74, 6) is 2.45. The fourth-order valence-electron chi connectivity index (χ4n) is 3.96. The van der Waals surface area contributed by atoms with E-state index in [9.17, 15) is 4.79 Å². The molecule has 1 aromatic rings. The van der Waals surface area contributed by atoms with Crippen LogP contribution in [0, 0.1) is 11.8 Å². The Kier molecular flexibility index (Phi) is 9.58. The number of hydrogen-bond donors (Lipinski definition) is 0. The van der Waals surface area contributed by atoms with E-state index in [0.29, 0.717) is 12.2 Å². The van der Waals surface area contributed by atoms with Crippen LogP contribution in [0.1, 0.15) is 88.4 Å². The molecular formula is C23H36O3. The molecule has 0 aliphatic heterocycles. The highest BCUT2D eigenvalue weighted by Crippen LogP contribution is 2.34. The van der Waals surface area contributed by atoms with Crippen molar-refractivity contribution in [2.75, 3.05) is 13.2 Å². The summed E-state index contributed by atoms with van der Waals surface area (Å²) in [7, 11) is 0. The molecule has 3 nitrogen and oxygen atoms in total. The van der Waals surface area contributed by atoms with Crippen LogP contribution in [0.3, 0.4) is 0 Å². The van der Waals surface area contributed by atoms with Gasteiger partial charge in [0.1, 0.15) is 5.75 Å². The first-order chi connectivity index (χ1) is 12.7. The van der Waals surface area contributed by atoms with Crippen molar-refractivity contribution < 1.29 is 14.3 Å². The minimum Gasteiger partial charge on any atom is -0.494 e. The van der Waals surface area contributed by atoms with E-state index in [1.165, 1.54) is 57.8 Å². The molecule has 0 amide bonds. The first-order valence-corrected chi connectivity index (χ1v) is 10.6. The van der Waals surface area contributed by atoms with Gasteiger partial charge in [-0.3, -0.25) is 0 Å². The van der Waals surface area contributed by atoms with Crippen LogP contribution >= 0.6 is 0 Å². The van der Waals surface area contributed by atoms with Gasteiger partial charge in [-0.05, 0) is 55.9 Å². The van der Waals surface area contributed by atoms with Gasteiger partial charge in [-0.25, -0.2) is 4.79 Å². The van der Waals surface area contributed by atoms with E-state index in [1.807, 2.05) is 19.1 Å². The number of ether oxygens (including phenoxy) is 2. The molecule has 0 atom stereocenters. The summed E-state index contributed by atoms with van der Waals surface area (Å²) < 4.78 is 10.8. The van der Waals surface area contributed by atoms with Gasteiger partial charge in [0.15, 0.2) is 0 Å². The third-order valence-electron chi connectivity index (χ3n) is 5.57. The number of rotatable bonds is 11. The molecule has 0 radical (unpaired) electrons. The largest absolute Gasteiger partial charge is 0.494 e. The molecule has 0 saturated heterocycles. The Bertz CT molecular complexity index is 501. The Morgan fingerprint density at radius 1 is 0.923 bits per heavy atom. The van der Waals surface area contributed by atoms with Crippen molar-refractivity contribution in [1.82, 2.24) is 0 Å². The molecule has 0 spiro atoms. The molecule has 0 N–H and O–H groups in total. The van der Waals surface area contributed by atoms with Gasteiger partial charge in [-0.15, -0.1) is 0 Å². The van der Waals surface area contributed by atoms with Crippen LogP contribution in [0.5, 0.6) is 5.75 Å². The van der Waals surface area contributed by atoms with E-state index in [2.05, 4.69) is 6.92 Å². The van der Waals surface area contributed by atoms with Gasteiger partial charge in [-0.1, -0.05) is 58.3 Å². The van der Waals surface area contributed by atoms with E-state index in [4.69, 9.17) is 9.47 Å². The van der Waals surface area contributed by atoms with Gasteiger partial charge in [0, 0.05) is 0 Å². The maximum absolute atomic E-state index is 11.6. The lowest BCUT2D eigenvalue weighted by Gasteiger charge is -2.28. The van der Waals surface area contributed by atoms with Crippen molar-refractivity contribution in [2.24, 2.45) is 11.8 Å². The Balaban J connectivity index is 1.57. The summed E-state index contributed by atoms with van der Waals surface area (Å²) in [5, 5.41) is 0. The van der Waals surface area contributed by atoms with Crippen molar-refractivity contribution in [3.63, 3.8) is 0 Å². The zero-order valence-electron chi connectivity index (χ0n) is 16.7. The minimum absolute atomic E-state index is 0.274. The summed E-state index contributed by atoms with van der Waals surface area (Å²) in [6.45, 7) is 5.26. The Labute approximate surface area is 159 Å². The van der Waals surface area contributed by atoms with Gasteiger partial charge < -0.3 is 9.47 Å². The molecule has 2 rings (SSSR count). The zero-order valence-corrected chi connectivity index (χ0v) is 16.7. The number of esters is 1. The SMILES string of the molecule is CCCCCC1CCC(CCCOc2ccc(C(=O)OCC)cc2)CC1. The molecule has 3 heteroatoms. The number of benzene rings is 1. The number of carbonyl (C=O) groups excluding carboxylic acids is 1. The highest BCUT2D eigenvalue weighted by Gasteiger charge is 2.20. The number of carbonyl (C=O) groups is 1. The molecule has 0 heterocycles. The predicted octanol–water partition coefficient (Wildman–Crippen LogP) is 6.41. The van der Waals surface area contributed by atoms with E-state index >= 15 is 0 Å². The first kappa shape index (κ1) is 20.8. The Morgan fingerprint density at radius 2 is 1.54 bits per heavy atom. The molecule has 1 fully saturated rings. The average Bonchev–Trinajstić information content (AvgIpc) is 2.67. The summed E-state index contributed by atoms with van der Waals surface area (Å²) in [6.07, 6.45) is 13.7. The molecule has 1 saturated carbocycles. The van der Waals surface area contributed by atoms with Crippen LogP contribution in [0.4, 0.5) is 0 Å². The highest BCUT2D eigenvalue weighted by atomic mass is 16.5. The minimum atomic E-state index is -0.274. The molecule has 1 aliphatic rings. The van der Waals surface area contributed by atoms with Crippen molar-refractivity contribution in [1.29, 1.82) is 0 Å². The Morgan fingerprint density at radius 3 is 2.12 bits per heavy atom. The van der Waals surface area contributed by atoms with Crippen molar-refractivity contribution in [3.8, 4) is 5.75 Å². The van der Waals surface area contributed by atoms with Crippen LogP contribution in [0.2, 0.25) is 0 Å². The molecule has 26 heavy (non-hydrogen) atoms. The second kappa shape index (κ2) is 12.0. The quantitative estimate of drug-likeness (QED) is 0.338. The monoisotopic (exact) mass is 360 g/mol. The van der Waals surface area contributed by atoms with Crippen LogP contribution in [-0.4, -0.2) is 19.2 Å². The zero-order chi connectivity index (χ0) is 18.6. The molecule has 0 bridgehead atoms. The maximum Gasteiger partial charge on any atom is 0.338 e. The number of hydrogen-bond acceptors (Lipinski definition) is 3. The maximum atomic E-state index is 11.6. The standard InChI is InChI=1S/C23H36O3/c1-3-5-6-8-19-10-12-20(13-11-19)9-7-18-26-22-16-14-21(15-17-22)23(24)25-4-2/h14-17,19-20H,3-13,18H2,1-2H3. The van der Waals surface area contributed by atoms with Crippen LogP contribution in [-0.2, 0) is 4.74 Å². The molecule has 146 valence electrons. The molecular weight excluding hydrogens is 324 g/mol. The molecule has 0 aromatic heterocycles. The summed E-state index contributed by atoms with van der Waals surface area (Å²) >= 11 is 0. The second-order valence-electron chi connectivity index (χ2n) is 7.62. The van der Waals surface area contributed by atoms with Crippen LogP contribution in [0.25, 0.3) is 0 Å². The van der Waals surface area contributed by atoms with Crippen molar-refractivity contribution in [3.05, 3.63) is 29.8 Å². The third-order valence-corrected chi connectivity index (χ3v) is 5.57. The highest BCUT2D eigenvalue weighted by molar-refractivity contribution is 5.89. The fraction of sp³-hybridized carbons (Fsp3) is 0.696. The predicted molar refractivity (Wildman–Crippen MR) is 107 cm³/mol. The molecule has 1 aromatic carbocycles. The lowest BCUT2D eigenvalue weighted by molar-refractivity contribution is 0.0526. The first-order valence-electron chi connectivity index (χ1n) is 10.6. The van der Waals surface area contributed by atoms with Gasteiger partial charge in [0.05, 0.1) is 18.8 Å². The van der Waals surface area contributed by atoms with E-state index in [0.717, 1.165) is 30.6 Å². The van der Waals surface area contributed by atoms with Gasteiger partial charge in [0.25, 0.3) is 0 Å².